The Morgan fingerprint density at radius 1 is 0.895 bits per heavy atom. The molecule has 0 saturated heterocycles. The number of hydrogen-bond acceptors (Lipinski definition) is 2. The van der Waals surface area contributed by atoms with Crippen LogP contribution in [0.2, 0.25) is 0 Å². The molecule has 19 heavy (non-hydrogen) atoms. The van der Waals surface area contributed by atoms with Gasteiger partial charge in [-0.1, -0.05) is 49.4 Å². The zero-order chi connectivity index (χ0) is 13.5. The van der Waals surface area contributed by atoms with E-state index in [4.69, 9.17) is 0 Å². The molecule has 100 valence electrons. The summed E-state index contributed by atoms with van der Waals surface area (Å²) in [6, 6.07) is 19.3. The molecule has 0 aliphatic carbocycles. The topological polar surface area (TPSA) is 15.3 Å². The van der Waals surface area contributed by atoms with E-state index < -0.39 is 0 Å². The SMILES string of the molecule is CCNCc1ccc(N(C)Cc2ccccc2)cc1. The quantitative estimate of drug-likeness (QED) is 0.849. The number of nitrogens with zero attached hydrogens (tertiary/aromatic N) is 1. The predicted octanol–water partition coefficient (Wildman–Crippen LogP) is 3.43. The van der Waals surface area contributed by atoms with Crippen LogP contribution in [0.1, 0.15) is 18.1 Å². The Balaban J connectivity index is 1.97. The molecule has 2 heteroatoms. The van der Waals surface area contributed by atoms with E-state index in [1.807, 2.05) is 0 Å². The van der Waals surface area contributed by atoms with Gasteiger partial charge in [-0.25, -0.2) is 0 Å². The summed E-state index contributed by atoms with van der Waals surface area (Å²) >= 11 is 0. The van der Waals surface area contributed by atoms with Crippen LogP contribution in [-0.4, -0.2) is 13.6 Å². The van der Waals surface area contributed by atoms with Crippen LogP contribution in [0.5, 0.6) is 0 Å². The lowest BCUT2D eigenvalue weighted by atomic mass is 10.1. The monoisotopic (exact) mass is 254 g/mol. The summed E-state index contributed by atoms with van der Waals surface area (Å²) in [4.78, 5) is 2.27. The summed E-state index contributed by atoms with van der Waals surface area (Å²) < 4.78 is 0. The van der Waals surface area contributed by atoms with Crippen LogP contribution in [0.4, 0.5) is 5.69 Å². The summed E-state index contributed by atoms with van der Waals surface area (Å²) in [5, 5.41) is 3.34. The second-order valence-electron chi connectivity index (χ2n) is 4.79. The molecule has 2 nitrogen and oxygen atoms in total. The summed E-state index contributed by atoms with van der Waals surface area (Å²) in [6.45, 7) is 5.02. The van der Waals surface area contributed by atoms with Crippen molar-refractivity contribution in [3.63, 3.8) is 0 Å². The molecule has 0 aliphatic rings. The first-order valence-electron chi connectivity index (χ1n) is 6.84. The van der Waals surface area contributed by atoms with E-state index >= 15 is 0 Å². The fourth-order valence-corrected chi connectivity index (χ4v) is 2.09. The average molecular weight is 254 g/mol. The maximum absolute atomic E-state index is 3.34. The van der Waals surface area contributed by atoms with E-state index in [0.717, 1.165) is 19.6 Å². The summed E-state index contributed by atoms with van der Waals surface area (Å²) in [5.74, 6) is 0. The van der Waals surface area contributed by atoms with E-state index in [1.54, 1.807) is 0 Å². The molecule has 2 aromatic rings. The Morgan fingerprint density at radius 2 is 1.58 bits per heavy atom. The zero-order valence-electron chi connectivity index (χ0n) is 11.8. The fraction of sp³-hybridized carbons (Fsp3) is 0.294. The lowest BCUT2D eigenvalue weighted by Crippen LogP contribution is -2.16. The Labute approximate surface area is 116 Å². The van der Waals surface area contributed by atoms with Gasteiger partial charge in [0.05, 0.1) is 0 Å². The van der Waals surface area contributed by atoms with Crippen molar-refractivity contribution in [1.82, 2.24) is 5.32 Å². The summed E-state index contributed by atoms with van der Waals surface area (Å²) in [5.41, 5.74) is 3.92. The van der Waals surface area contributed by atoms with Gasteiger partial charge in [-0.05, 0) is 29.8 Å². The third-order valence-electron chi connectivity index (χ3n) is 3.22. The first-order chi connectivity index (χ1) is 9.29. The average Bonchev–Trinajstić information content (AvgIpc) is 2.46. The first-order valence-corrected chi connectivity index (χ1v) is 6.84. The van der Waals surface area contributed by atoms with Gasteiger partial charge in [0.1, 0.15) is 0 Å². The lowest BCUT2D eigenvalue weighted by molar-refractivity contribution is 0.726. The van der Waals surface area contributed by atoms with Gasteiger partial charge < -0.3 is 10.2 Å². The highest BCUT2D eigenvalue weighted by molar-refractivity contribution is 5.47. The Hall–Kier alpha value is -1.80. The van der Waals surface area contributed by atoms with Crippen LogP contribution >= 0.6 is 0 Å². The summed E-state index contributed by atoms with van der Waals surface area (Å²) in [6.07, 6.45) is 0. The lowest BCUT2D eigenvalue weighted by Gasteiger charge is -2.19. The molecule has 2 rings (SSSR count). The van der Waals surface area contributed by atoms with Crippen molar-refractivity contribution in [3.05, 3.63) is 65.7 Å². The Morgan fingerprint density at radius 3 is 2.21 bits per heavy atom. The molecule has 1 N–H and O–H groups in total. The van der Waals surface area contributed by atoms with Crippen molar-refractivity contribution in [2.75, 3.05) is 18.5 Å². The number of nitrogens with one attached hydrogen (secondary N) is 1. The van der Waals surface area contributed by atoms with Crippen LogP contribution < -0.4 is 10.2 Å². The van der Waals surface area contributed by atoms with Crippen LogP contribution in [0.15, 0.2) is 54.6 Å². The fourth-order valence-electron chi connectivity index (χ4n) is 2.09. The van der Waals surface area contributed by atoms with Gasteiger partial charge in [-0.3, -0.25) is 0 Å². The van der Waals surface area contributed by atoms with Crippen molar-refractivity contribution in [2.45, 2.75) is 20.0 Å². The molecule has 0 heterocycles. The number of benzene rings is 2. The largest absolute Gasteiger partial charge is 0.370 e. The van der Waals surface area contributed by atoms with Gasteiger partial charge in [0.15, 0.2) is 0 Å². The smallest absolute Gasteiger partial charge is 0.0426 e. The van der Waals surface area contributed by atoms with Crippen molar-refractivity contribution in [3.8, 4) is 0 Å². The Bertz CT molecular complexity index is 476. The molecule has 2 aromatic carbocycles. The molecule has 0 unspecified atom stereocenters. The van der Waals surface area contributed by atoms with E-state index in [9.17, 15) is 0 Å². The zero-order valence-corrected chi connectivity index (χ0v) is 11.8. The molecular formula is C17H22N2. The third kappa shape index (κ3) is 4.11. The summed E-state index contributed by atoms with van der Waals surface area (Å²) in [7, 11) is 2.13. The minimum absolute atomic E-state index is 0.938. The van der Waals surface area contributed by atoms with Crippen molar-refractivity contribution in [1.29, 1.82) is 0 Å². The molecule has 0 saturated carbocycles. The van der Waals surface area contributed by atoms with Gasteiger partial charge in [0.25, 0.3) is 0 Å². The molecule has 0 fully saturated rings. The minimum Gasteiger partial charge on any atom is -0.370 e. The number of rotatable bonds is 6. The van der Waals surface area contributed by atoms with E-state index in [-0.39, 0.29) is 0 Å². The number of anilines is 1. The second kappa shape index (κ2) is 6.95. The molecule has 0 spiro atoms. The number of hydrogen-bond donors (Lipinski definition) is 1. The predicted molar refractivity (Wildman–Crippen MR) is 82.4 cm³/mol. The molecule has 0 bridgehead atoms. The van der Waals surface area contributed by atoms with Crippen molar-refractivity contribution >= 4 is 5.69 Å². The highest BCUT2D eigenvalue weighted by Gasteiger charge is 2.01. The van der Waals surface area contributed by atoms with Gasteiger partial charge in [-0.2, -0.15) is 0 Å². The highest BCUT2D eigenvalue weighted by Crippen LogP contribution is 2.16. The molecule has 0 aromatic heterocycles. The maximum Gasteiger partial charge on any atom is 0.0426 e. The van der Waals surface area contributed by atoms with E-state index in [1.165, 1.54) is 16.8 Å². The highest BCUT2D eigenvalue weighted by atomic mass is 15.1. The normalized spacial score (nSPS) is 10.4. The first kappa shape index (κ1) is 13.6. The second-order valence-corrected chi connectivity index (χ2v) is 4.79. The minimum atomic E-state index is 0.938. The molecular weight excluding hydrogens is 232 g/mol. The van der Waals surface area contributed by atoms with E-state index in [2.05, 4.69) is 78.8 Å². The van der Waals surface area contributed by atoms with Gasteiger partial charge in [0, 0.05) is 25.8 Å². The standard InChI is InChI=1S/C17H22N2/c1-3-18-13-15-9-11-17(12-10-15)19(2)14-16-7-5-4-6-8-16/h4-12,18H,3,13-14H2,1-2H3. The third-order valence-corrected chi connectivity index (χ3v) is 3.22. The van der Waals surface area contributed by atoms with Crippen LogP contribution in [-0.2, 0) is 13.1 Å². The van der Waals surface area contributed by atoms with Crippen LogP contribution in [0.25, 0.3) is 0 Å². The van der Waals surface area contributed by atoms with Gasteiger partial charge in [0.2, 0.25) is 0 Å². The van der Waals surface area contributed by atoms with Crippen molar-refractivity contribution in [2.24, 2.45) is 0 Å². The van der Waals surface area contributed by atoms with Crippen LogP contribution in [0.3, 0.4) is 0 Å². The van der Waals surface area contributed by atoms with E-state index in [0.29, 0.717) is 0 Å². The molecule has 0 aliphatic heterocycles. The Kier molecular flexibility index (Phi) is 4.99. The van der Waals surface area contributed by atoms with Gasteiger partial charge in [-0.15, -0.1) is 0 Å². The van der Waals surface area contributed by atoms with Crippen LogP contribution in [0, 0.1) is 0 Å². The maximum atomic E-state index is 3.34. The van der Waals surface area contributed by atoms with Crippen molar-refractivity contribution < 1.29 is 0 Å². The molecule has 0 radical (unpaired) electrons. The molecule has 0 atom stereocenters. The van der Waals surface area contributed by atoms with Gasteiger partial charge >= 0.3 is 0 Å². The molecule has 0 amide bonds.